The van der Waals surface area contributed by atoms with Gasteiger partial charge in [0.25, 0.3) is 5.56 Å². The summed E-state index contributed by atoms with van der Waals surface area (Å²) >= 11 is 0. The molecule has 0 aliphatic carbocycles. The molecule has 0 bridgehead atoms. The first kappa shape index (κ1) is 18.7. The van der Waals surface area contributed by atoms with E-state index < -0.39 is 0 Å². The van der Waals surface area contributed by atoms with Gasteiger partial charge in [0.1, 0.15) is 12.3 Å². The van der Waals surface area contributed by atoms with Gasteiger partial charge in [0.05, 0.1) is 18.4 Å². The van der Waals surface area contributed by atoms with E-state index in [2.05, 4.69) is 30.9 Å². The fraction of sp³-hybridized carbons (Fsp3) is 0.261. The molecule has 6 heterocycles. The normalized spacial score (nSPS) is 15.3. The Balaban J connectivity index is 1.36. The van der Waals surface area contributed by atoms with Gasteiger partial charge in [-0.2, -0.15) is 4.52 Å². The summed E-state index contributed by atoms with van der Waals surface area (Å²) in [6, 6.07) is 9.46. The Morgan fingerprint density at radius 3 is 2.94 bits per heavy atom. The van der Waals surface area contributed by atoms with Gasteiger partial charge in [0.15, 0.2) is 11.5 Å². The molecule has 0 N–H and O–H groups in total. The number of hydrogen-bond acceptors (Lipinski definition) is 8. The Bertz CT molecular complexity index is 1400. The van der Waals surface area contributed by atoms with E-state index >= 15 is 0 Å². The van der Waals surface area contributed by atoms with Crippen molar-refractivity contribution in [1.82, 2.24) is 24.6 Å². The molecule has 6 rings (SSSR count). The zero-order valence-electron chi connectivity index (χ0n) is 17.6. The van der Waals surface area contributed by atoms with Crippen LogP contribution in [0.15, 0.2) is 53.7 Å². The molecule has 0 fully saturated rings. The number of fused-ring (bicyclic) bond motifs is 3. The summed E-state index contributed by atoms with van der Waals surface area (Å²) in [6.07, 6.45) is 6.01. The fourth-order valence-corrected chi connectivity index (χ4v) is 4.42. The predicted octanol–water partition coefficient (Wildman–Crippen LogP) is 2.28. The Kier molecular flexibility index (Phi) is 4.27. The third kappa shape index (κ3) is 3.05. The van der Waals surface area contributed by atoms with Gasteiger partial charge in [-0.25, -0.2) is 9.97 Å². The van der Waals surface area contributed by atoms with Crippen molar-refractivity contribution < 1.29 is 4.74 Å². The lowest BCUT2D eigenvalue weighted by Gasteiger charge is -2.33. The monoisotopic (exact) mass is 427 g/mol. The van der Waals surface area contributed by atoms with Crippen molar-refractivity contribution in [2.45, 2.75) is 19.9 Å². The minimum absolute atomic E-state index is 0.183. The molecule has 0 saturated carbocycles. The molecule has 4 aromatic heterocycles. The number of aryl methyl sites for hydroxylation is 1. The quantitative estimate of drug-likeness (QED) is 0.481. The molecule has 0 atom stereocenters. The summed E-state index contributed by atoms with van der Waals surface area (Å²) in [7, 11) is 0. The summed E-state index contributed by atoms with van der Waals surface area (Å²) in [5, 5.41) is 4.62. The molecule has 0 aromatic carbocycles. The zero-order chi connectivity index (χ0) is 21.7. The van der Waals surface area contributed by atoms with Crippen LogP contribution in [0.2, 0.25) is 0 Å². The molecule has 0 saturated heterocycles. The maximum absolute atomic E-state index is 12.3. The maximum Gasteiger partial charge on any atom is 0.274 e. The topological polar surface area (TPSA) is 88.8 Å². The van der Waals surface area contributed by atoms with Crippen molar-refractivity contribution in [2.75, 3.05) is 29.5 Å². The number of rotatable bonds is 2. The van der Waals surface area contributed by atoms with E-state index in [-0.39, 0.29) is 5.56 Å². The third-order valence-electron chi connectivity index (χ3n) is 5.97. The summed E-state index contributed by atoms with van der Waals surface area (Å²) in [6.45, 7) is 4.79. The SMILES string of the molecule is Cc1cc2nccc(=O)n2nc1N1CCc2ncc(N3CCOc4ncccc43)cc2C1. The van der Waals surface area contributed by atoms with E-state index in [0.29, 0.717) is 24.7 Å². The number of ether oxygens (including phenoxy) is 1. The molecular weight excluding hydrogens is 406 g/mol. The Labute approximate surface area is 183 Å². The number of hydrogen-bond donors (Lipinski definition) is 0. The van der Waals surface area contributed by atoms with Gasteiger partial charge in [-0.3, -0.25) is 9.78 Å². The molecule has 9 heteroatoms. The lowest BCUT2D eigenvalue weighted by atomic mass is 10.0. The number of aromatic nitrogens is 5. The molecule has 0 amide bonds. The van der Waals surface area contributed by atoms with Crippen LogP contribution in [0.1, 0.15) is 16.8 Å². The van der Waals surface area contributed by atoms with Crippen LogP contribution in [0, 0.1) is 6.92 Å². The van der Waals surface area contributed by atoms with Crippen LogP contribution >= 0.6 is 0 Å². The van der Waals surface area contributed by atoms with Gasteiger partial charge >= 0.3 is 0 Å². The van der Waals surface area contributed by atoms with E-state index in [4.69, 9.17) is 9.72 Å². The molecule has 0 unspecified atom stereocenters. The summed E-state index contributed by atoms with van der Waals surface area (Å²) in [5.74, 6) is 1.44. The van der Waals surface area contributed by atoms with Gasteiger partial charge in [-0.1, -0.05) is 0 Å². The second-order valence-electron chi connectivity index (χ2n) is 8.00. The van der Waals surface area contributed by atoms with E-state index in [1.54, 1.807) is 6.20 Å². The average molecular weight is 427 g/mol. The second kappa shape index (κ2) is 7.30. The standard InChI is InChI=1S/C23H21N7O2/c1-15-11-20-24-7-4-21(31)30(20)27-22(15)28-8-5-18-16(14-28)12-17(13-26-18)29-9-10-32-23-19(29)3-2-6-25-23/h2-4,6-7,11-13H,5,8-10,14H2,1H3. The van der Waals surface area contributed by atoms with Crippen molar-refractivity contribution in [3.8, 4) is 5.88 Å². The van der Waals surface area contributed by atoms with Gasteiger partial charge in [0.2, 0.25) is 5.88 Å². The van der Waals surface area contributed by atoms with Gasteiger partial charge in [-0.05, 0) is 42.3 Å². The first-order valence-corrected chi connectivity index (χ1v) is 10.6. The first-order chi connectivity index (χ1) is 15.7. The van der Waals surface area contributed by atoms with Crippen LogP contribution in [0.4, 0.5) is 17.2 Å². The van der Waals surface area contributed by atoms with Crippen LogP contribution in [0.25, 0.3) is 5.65 Å². The molecule has 160 valence electrons. The van der Waals surface area contributed by atoms with Crippen LogP contribution in [-0.4, -0.2) is 44.3 Å². The van der Waals surface area contributed by atoms with Crippen molar-refractivity contribution >= 4 is 22.8 Å². The smallest absolute Gasteiger partial charge is 0.274 e. The summed E-state index contributed by atoms with van der Waals surface area (Å²) in [4.78, 5) is 30.0. The minimum atomic E-state index is -0.183. The second-order valence-corrected chi connectivity index (χ2v) is 8.00. The summed E-state index contributed by atoms with van der Waals surface area (Å²) in [5.41, 5.74) is 5.59. The predicted molar refractivity (Wildman–Crippen MR) is 120 cm³/mol. The molecule has 0 radical (unpaired) electrons. The largest absolute Gasteiger partial charge is 0.474 e. The highest BCUT2D eigenvalue weighted by molar-refractivity contribution is 5.69. The molecule has 2 aliphatic rings. The maximum atomic E-state index is 12.3. The highest BCUT2D eigenvalue weighted by atomic mass is 16.5. The van der Waals surface area contributed by atoms with Gasteiger partial charge in [0, 0.05) is 43.7 Å². The van der Waals surface area contributed by atoms with Crippen LogP contribution < -0.4 is 20.1 Å². The minimum Gasteiger partial charge on any atom is -0.474 e. The number of pyridine rings is 2. The van der Waals surface area contributed by atoms with Crippen molar-refractivity contribution in [3.63, 3.8) is 0 Å². The molecule has 4 aromatic rings. The molecule has 32 heavy (non-hydrogen) atoms. The molecule has 0 spiro atoms. The molecular formula is C23H21N7O2. The van der Waals surface area contributed by atoms with Crippen LogP contribution in [-0.2, 0) is 13.0 Å². The van der Waals surface area contributed by atoms with Crippen LogP contribution in [0.5, 0.6) is 5.88 Å². The lowest BCUT2D eigenvalue weighted by Crippen LogP contribution is -2.34. The van der Waals surface area contributed by atoms with Crippen molar-refractivity contribution in [2.24, 2.45) is 0 Å². The van der Waals surface area contributed by atoms with Crippen LogP contribution in [0.3, 0.4) is 0 Å². The molecule has 9 nitrogen and oxygen atoms in total. The Morgan fingerprint density at radius 1 is 1.06 bits per heavy atom. The lowest BCUT2D eigenvalue weighted by molar-refractivity contribution is 0.301. The first-order valence-electron chi connectivity index (χ1n) is 10.6. The van der Waals surface area contributed by atoms with E-state index in [1.807, 2.05) is 31.3 Å². The van der Waals surface area contributed by atoms with E-state index in [9.17, 15) is 4.79 Å². The molecule has 2 aliphatic heterocycles. The Morgan fingerprint density at radius 2 is 2.00 bits per heavy atom. The average Bonchev–Trinajstić information content (AvgIpc) is 2.83. The van der Waals surface area contributed by atoms with Crippen molar-refractivity contribution in [3.05, 3.63) is 76.1 Å². The highest BCUT2D eigenvalue weighted by Gasteiger charge is 2.25. The van der Waals surface area contributed by atoms with Gasteiger partial charge < -0.3 is 14.5 Å². The summed E-state index contributed by atoms with van der Waals surface area (Å²) < 4.78 is 7.06. The van der Waals surface area contributed by atoms with Crippen molar-refractivity contribution in [1.29, 1.82) is 0 Å². The Hall–Kier alpha value is -4.01. The zero-order valence-corrected chi connectivity index (χ0v) is 17.6. The van der Waals surface area contributed by atoms with E-state index in [1.165, 1.54) is 16.8 Å². The fourth-order valence-electron chi connectivity index (χ4n) is 4.42. The van der Waals surface area contributed by atoms with Gasteiger partial charge in [-0.15, -0.1) is 5.10 Å². The highest BCUT2D eigenvalue weighted by Crippen LogP contribution is 2.36. The number of anilines is 3. The third-order valence-corrected chi connectivity index (χ3v) is 5.97. The number of nitrogens with zero attached hydrogens (tertiary/aromatic N) is 7. The van der Waals surface area contributed by atoms with E-state index in [0.717, 1.165) is 53.5 Å².